The second-order valence-electron chi connectivity index (χ2n) is 5.80. The van der Waals surface area contributed by atoms with Gasteiger partial charge in [-0.25, -0.2) is 0 Å². The topological polar surface area (TPSA) is 12.0 Å². The Morgan fingerprint density at radius 3 is 2.73 bits per heavy atom. The Balaban J connectivity index is 1.63. The molecule has 0 aromatic rings. The second kappa shape index (κ2) is 5.16. The molecule has 2 aliphatic rings. The van der Waals surface area contributed by atoms with Crippen LogP contribution in [0.5, 0.6) is 0 Å². The zero-order valence-electron chi connectivity index (χ0n) is 10.1. The van der Waals surface area contributed by atoms with Gasteiger partial charge >= 0.3 is 0 Å². The molecule has 1 N–H and O–H groups in total. The van der Waals surface area contributed by atoms with Crippen LogP contribution in [-0.4, -0.2) is 13.1 Å². The van der Waals surface area contributed by atoms with Crippen LogP contribution in [-0.2, 0) is 0 Å². The van der Waals surface area contributed by atoms with Crippen molar-refractivity contribution in [2.45, 2.75) is 51.9 Å². The standard InChI is InChI=1S/C14H25N/c1-14(9-5-6-10-14)12-15-11-13-7-3-2-4-8-13/h2-3,13,15H,4-12H2,1H3. The van der Waals surface area contributed by atoms with Crippen LogP contribution in [0.2, 0.25) is 0 Å². The quantitative estimate of drug-likeness (QED) is 0.696. The highest BCUT2D eigenvalue weighted by Gasteiger charge is 2.28. The predicted molar refractivity (Wildman–Crippen MR) is 65.9 cm³/mol. The van der Waals surface area contributed by atoms with Crippen molar-refractivity contribution >= 4 is 0 Å². The molecule has 86 valence electrons. The van der Waals surface area contributed by atoms with Gasteiger partial charge in [0.05, 0.1) is 0 Å². The van der Waals surface area contributed by atoms with E-state index in [1.165, 1.54) is 58.0 Å². The molecule has 15 heavy (non-hydrogen) atoms. The van der Waals surface area contributed by atoms with Crippen LogP contribution in [0.15, 0.2) is 12.2 Å². The van der Waals surface area contributed by atoms with E-state index in [-0.39, 0.29) is 0 Å². The molecule has 0 saturated heterocycles. The molecule has 0 spiro atoms. The lowest BCUT2D eigenvalue weighted by Gasteiger charge is -2.26. The molecule has 0 aromatic heterocycles. The molecule has 0 aromatic carbocycles. The Morgan fingerprint density at radius 1 is 1.27 bits per heavy atom. The molecule has 0 radical (unpaired) electrons. The average molecular weight is 207 g/mol. The van der Waals surface area contributed by atoms with Gasteiger partial charge < -0.3 is 5.32 Å². The average Bonchev–Trinajstić information content (AvgIpc) is 2.67. The molecule has 2 rings (SSSR count). The predicted octanol–water partition coefficient (Wildman–Crippen LogP) is 3.51. The Labute approximate surface area is 94.3 Å². The lowest BCUT2D eigenvalue weighted by atomic mass is 9.88. The monoisotopic (exact) mass is 207 g/mol. The normalized spacial score (nSPS) is 29.5. The van der Waals surface area contributed by atoms with E-state index in [1.807, 2.05) is 0 Å². The van der Waals surface area contributed by atoms with Gasteiger partial charge in [0.15, 0.2) is 0 Å². The second-order valence-corrected chi connectivity index (χ2v) is 5.80. The minimum atomic E-state index is 0.616. The molecule has 0 amide bonds. The maximum Gasteiger partial charge on any atom is 0.000528 e. The van der Waals surface area contributed by atoms with Gasteiger partial charge in [-0.05, 0) is 50.0 Å². The number of hydrogen-bond donors (Lipinski definition) is 1. The molecule has 0 bridgehead atoms. The van der Waals surface area contributed by atoms with Crippen LogP contribution >= 0.6 is 0 Å². The Kier molecular flexibility index (Phi) is 3.85. The Bertz CT molecular complexity index is 213. The zero-order valence-corrected chi connectivity index (χ0v) is 10.1. The summed E-state index contributed by atoms with van der Waals surface area (Å²) in [7, 11) is 0. The molecule has 1 saturated carbocycles. The fraction of sp³-hybridized carbons (Fsp3) is 0.857. The van der Waals surface area contributed by atoms with E-state index in [1.54, 1.807) is 0 Å². The molecule has 1 unspecified atom stereocenters. The summed E-state index contributed by atoms with van der Waals surface area (Å²) in [6, 6.07) is 0. The number of nitrogens with one attached hydrogen (secondary N) is 1. The van der Waals surface area contributed by atoms with Crippen LogP contribution in [0.4, 0.5) is 0 Å². The summed E-state index contributed by atoms with van der Waals surface area (Å²) in [5.74, 6) is 0.903. The molecule has 1 atom stereocenters. The SMILES string of the molecule is CC1(CNCC2CC=CCC2)CCCC1. The highest BCUT2D eigenvalue weighted by molar-refractivity contribution is 4.91. The van der Waals surface area contributed by atoms with Crippen molar-refractivity contribution in [2.24, 2.45) is 11.3 Å². The summed E-state index contributed by atoms with van der Waals surface area (Å²) >= 11 is 0. The first-order valence-corrected chi connectivity index (χ1v) is 6.64. The maximum absolute atomic E-state index is 3.70. The summed E-state index contributed by atoms with van der Waals surface area (Å²) in [5.41, 5.74) is 0.616. The van der Waals surface area contributed by atoms with E-state index >= 15 is 0 Å². The highest BCUT2D eigenvalue weighted by Crippen LogP contribution is 2.36. The summed E-state index contributed by atoms with van der Waals surface area (Å²) in [6.07, 6.45) is 14.4. The number of rotatable bonds is 4. The molecule has 0 aliphatic heterocycles. The smallest absolute Gasteiger partial charge is 0.000528 e. The van der Waals surface area contributed by atoms with Gasteiger partial charge in [-0.3, -0.25) is 0 Å². The van der Waals surface area contributed by atoms with Crippen molar-refractivity contribution in [3.63, 3.8) is 0 Å². The lowest BCUT2D eigenvalue weighted by Crippen LogP contribution is -2.33. The van der Waals surface area contributed by atoms with E-state index in [0.29, 0.717) is 5.41 Å². The Hall–Kier alpha value is -0.300. The molecular weight excluding hydrogens is 182 g/mol. The van der Waals surface area contributed by atoms with Gasteiger partial charge in [-0.15, -0.1) is 0 Å². The van der Waals surface area contributed by atoms with Crippen molar-refractivity contribution < 1.29 is 0 Å². The minimum absolute atomic E-state index is 0.616. The van der Waals surface area contributed by atoms with E-state index in [0.717, 1.165) is 5.92 Å². The van der Waals surface area contributed by atoms with Gasteiger partial charge in [0.1, 0.15) is 0 Å². The van der Waals surface area contributed by atoms with E-state index in [2.05, 4.69) is 24.4 Å². The molecule has 1 nitrogen and oxygen atoms in total. The minimum Gasteiger partial charge on any atom is -0.316 e. The van der Waals surface area contributed by atoms with Gasteiger partial charge in [0.25, 0.3) is 0 Å². The first kappa shape index (κ1) is 11.2. The van der Waals surface area contributed by atoms with E-state index in [4.69, 9.17) is 0 Å². The lowest BCUT2D eigenvalue weighted by molar-refractivity contribution is 0.300. The Morgan fingerprint density at radius 2 is 2.07 bits per heavy atom. The van der Waals surface area contributed by atoms with Crippen molar-refractivity contribution in [1.29, 1.82) is 0 Å². The third-order valence-corrected chi connectivity index (χ3v) is 4.17. The van der Waals surface area contributed by atoms with Crippen LogP contribution in [0.3, 0.4) is 0 Å². The van der Waals surface area contributed by atoms with Crippen molar-refractivity contribution in [3.8, 4) is 0 Å². The fourth-order valence-electron chi connectivity index (χ4n) is 3.03. The first-order chi connectivity index (χ1) is 7.29. The molecule has 1 fully saturated rings. The zero-order chi connectivity index (χ0) is 10.6. The molecule has 0 heterocycles. The van der Waals surface area contributed by atoms with E-state index < -0.39 is 0 Å². The van der Waals surface area contributed by atoms with Gasteiger partial charge in [-0.2, -0.15) is 0 Å². The van der Waals surface area contributed by atoms with Gasteiger partial charge in [0.2, 0.25) is 0 Å². The summed E-state index contributed by atoms with van der Waals surface area (Å²) in [4.78, 5) is 0. The van der Waals surface area contributed by atoms with Gasteiger partial charge in [0, 0.05) is 6.54 Å². The fourth-order valence-corrected chi connectivity index (χ4v) is 3.03. The van der Waals surface area contributed by atoms with Crippen molar-refractivity contribution in [1.82, 2.24) is 5.32 Å². The maximum atomic E-state index is 3.70. The molecule has 1 heteroatoms. The van der Waals surface area contributed by atoms with Crippen LogP contribution in [0, 0.1) is 11.3 Å². The third kappa shape index (κ3) is 3.34. The van der Waals surface area contributed by atoms with Gasteiger partial charge in [-0.1, -0.05) is 31.9 Å². The van der Waals surface area contributed by atoms with E-state index in [9.17, 15) is 0 Å². The number of hydrogen-bond acceptors (Lipinski definition) is 1. The third-order valence-electron chi connectivity index (χ3n) is 4.17. The highest BCUT2D eigenvalue weighted by atomic mass is 14.9. The summed E-state index contributed by atoms with van der Waals surface area (Å²) in [5, 5.41) is 3.70. The van der Waals surface area contributed by atoms with Crippen LogP contribution < -0.4 is 5.32 Å². The molecular formula is C14H25N. The molecule has 2 aliphatic carbocycles. The van der Waals surface area contributed by atoms with Crippen LogP contribution in [0.1, 0.15) is 51.9 Å². The van der Waals surface area contributed by atoms with Crippen LogP contribution in [0.25, 0.3) is 0 Å². The largest absolute Gasteiger partial charge is 0.316 e. The summed E-state index contributed by atoms with van der Waals surface area (Å²) < 4.78 is 0. The van der Waals surface area contributed by atoms with Crippen molar-refractivity contribution in [3.05, 3.63) is 12.2 Å². The first-order valence-electron chi connectivity index (χ1n) is 6.64. The number of allylic oxidation sites excluding steroid dienone is 2. The summed E-state index contributed by atoms with van der Waals surface area (Å²) in [6.45, 7) is 4.93. The van der Waals surface area contributed by atoms with Crippen molar-refractivity contribution in [2.75, 3.05) is 13.1 Å².